The third-order valence-corrected chi connectivity index (χ3v) is 4.35. The number of hydrogen-bond donors (Lipinski definition) is 1. The monoisotopic (exact) mass is 343 g/mol. The first-order chi connectivity index (χ1) is 11.6. The molecule has 2 N–H and O–H groups in total. The summed E-state index contributed by atoms with van der Waals surface area (Å²) in [5.41, 5.74) is 9.13. The molecule has 5 nitrogen and oxygen atoms in total. The van der Waals surface area contributed by atoms with Crippen LogP contribution in [-0.4, -0.2) is 22.8 Å². The Morgan fingerprint density at radius 3 is 2.50 bits per heavy atom. The first-order valence-corrected chi connectivity index (χ1v) is 8.29. The Labute approximate surface area is 144 Å². The molecule has 4 rings (SSSR count). The zero-order valence-electron chi connectivity index (χ0n) is 13.3. The molecular formula is C18H18ClN3O2. The van der Waals surface area contributed by atoms with Crippen LogP contribution >= 0.6 is 11.6 Å². The smallest absolute Gasteiger partial charge is 0.163 e. The van der Waals surface area contributed by atoms with Gasteiger partial charge >= 0.3 is 0 Å². The van der Waals surface area contributed by atoms with Crippen molar-refractivity contribution in [2.24, 2.45) is 5.73 Å². The number of fused-ring (bicyclic) bond motifs is 2. The van der Waals surface area contributed by atoms with Crippen LogP contribution in [0.1, 0.15) is 24.4 Å². The van der Waals surface area contributed by atoms with Gasteiger partial charge in [0.25, 0.3) is 0 Å². The van der Waals surface area contributed by atoms with Gasteiger partial charge in [-0.25, -0.2) is 4.98 Å². The van der Waals surface area contributed by atoms with Crippen LogP contribution in [0, 0.1) is 0 Å². The highest BCUT2D eigenvalue weighted by Crippen LogP contribution is 2.35. The number of benzene rings is 2. The molecule has 1 aromatic heterocycles. The summed E-state index contributed by atoms with van der Waals surface area (Å²) in [4.78, 5) is 4.71. The van der Waals surface area contributed by atoms with Gasteiger partial charge in [-0.15, -0.1) is 0 Å². The van der Waals surface area contributed by atoms with Crippen LogP contribution < -0.4 is 15.2 Å². The number of nitrogens with zero attached hydrogens (tertiary/aromatic N) is 2. The molecule has 0 radical (unpaired) electrons. The molecule has 124 valence electrons. The maximum atomic E-state index is 6.14. The van der Waals surface area contributed by atoms with Gasteiger partial charge in [0.1, 0.15) is 19.0 Å². The van der Waals surface area contributed by atoms with Gasteiger partial charge in [-0.05, 0) is 24.6 Å². The highest BCUT2D eigenvalue weighted by molar-refractivity contribution is 6.30. The quantitative estimate of drug-likeness (QED) is 0.790. The number of rotatable bonds is 3. The summed E-state index contributed by atoms with van der Waals surface area (Å²) in [7, 11) is 0. The third kappa shape index (κ3) is 2.70. The van der Waals surface area contributed by atoms with Gasteiger partial charge in [0.2, 0.25) is 0 Å². The summed E-state index contributed by atoms with van der Waals surface area (Å²) in [5, 5.41) is 0.723. The molecule has 0 aliphatic carbocycles. The highest BCUT2D eigenvalue weighted by atomic mass is 35.5. The van der Waals surface area contributed by atoms with E-state index in [1.165, 1.54) is 0 Å². The Kier molecular flexibility index (Phi) is 3.82. The summed E-state index contributed by atoms with van der Waals surface area (Å²) in [5.74, 6) is 2.32. The van der Waals surface area contributed by atoms with Gasteiger partial charge < -0.3 is 19.8 Å². The largest absolute Gasteiger partial charge is 0.486 e. The van der Waals surface area contributed by atoms with E-state index >= 15 is 0 Å². The number of halogens is 1. The number of aromatic nitrogens is 2. The Morgan fingerprint density at radius 1 is 1.17 bits per heavy atom. The topological polar surface area (TPSA) is 62.3 Å². The van der Waals surface area contributed by atoms with E-state index in [-0.39, 0.29) is 6.04 Å². The van der Waals surface area contributed by atoms with E-state index in [0.717, 1.165) is 38.9 Å². The fourth-order valence-corrected chi connectivity index (χ4v) is 3.09. The highest BCUT2D eigenvalue weighted by Gasteiger charge is 2.19. The molecule has 0 bridgehead atoms. The Bertz CT molecular complexity index is 887. The Balaban J connectivity index is 1.84. The van der Waals surface area contributed by atoms with E-state index in [2.05, 4.69) is 4.57 Å². The van der Waals surface area contributed by atoms with Crippen molar-refractivity contribution < 1.29 is 9.47 Å². The van der Waals surface area contributed by atoms with Crippen molar-refractivity contribution in [3.8, 4) is 11.5 Å². The molecule has 1 unspecified atom stereocenters. The van der Waals surface area contributed by atoms with Gasteiger partial charge in [-0.2, -0.15) is 0 Å². The molecule has 0 saturated heterocycles. The Morgan fingerprint density at radius 2 is 1.83 bits per heavy atom. The number of ether oxygens (including phenoxy) is 2. The zero-order valence-corrected chi connectivity index (χ0v) is 14.1. The van der Waals surface area contributed by atoms with Crippen LogP contribution in [-0.2, 0) is 6.54 Å². The number of nitrogens with two attached hydrogens (primary N) is 1. The van der Waals surface area contributed by atoms with Crippen molar-refractivity contribution in [2.45, 2.75) is 19.5 Å². The molecule has 1 atom stereocenters. The van der Waals surface area contributed by atoms with Gasteiger partial charge in [-0.3, -0.25) is 0 Å². The molecule has 2 aromatic carbocycles. The predicted octanol–water partition coefficient (Wildman–Crippen LogP) is 3.53. The summed E-state index contributed by atoms with van der Waals surface area (Å²) in [6, 6.07) is 11.5. The maximum absolute atomic E-state index is 6.14. The van der Waals surface area contributed by atoms with E-state index in [1.54, 1.807) is 0 Å². The van der Waals surface area contributed by atoms with Gasteiger partial charge in [-0.1, -0.05) is 23.7 Å². The lowest BCUT2D eigenvalue weighted by Gasteiger charge is -2.18. The SMILES string of the molecule is CC(N)c1nc2cc3c(cc2n1Cc1ccc(Cl)cc1)OCCO3. The first-order valence-electron chi connectivity index (χ1n) is 7.91. The average molecular weight is 344 g/mol. The van der Waals surface area contributed by atoms with E-state index in [9.17, 15) is 0 Å². The molecule has 6 heteroatoms. The molecule has 0 amide bonds. The molecule has 3 aromatic rings. The van der Waals surface area contributed by atoms with Gasteiger partial charge in [0, 0.05) is 23.7 Å². The minimum atomic E-state index is -0.177. The normalized spacial score (nSPS) is 14.8. The molecule has 0 saturated carbocycles. The lowest BCUT2D eigenvalue weighted by atomic mass is 10.2. The average Bonchev–Trinajstić information content (AvgIpc) is 2.93. The number of imidazole rings is 1. The van der Waals surface area contributed by atoms with Crippen molar-refractivity contribution in [3.63, 3.8) is 0 Å². The van der Waals surface area contributed by atoms with Crippen molar-refractivity contribution in [1.82, 2.24) is 9.55 Å². The lowest BCUT2D eigenvalue weighted by molar-refractivity contribution is 0.172. The maximum Gasteiger partial charge on any atom is 0.163 e. The van der Waals surface area contributed by atoms with Crippen LogP contribution in [0.3, 0.4) is 0 Å². The summed E-state index contributed by atoms with van der Waals surface area (Å²) < 4.78 is 13.5. The van der Waals surface area contributed by atoms with E-state index < -0.39 is 0 Å². The van der Waals surface area contributed by atoms with Crippen molar-refractivity contribution in [1.29, 1.82) is 0 Å². The Hall–Kier alpha value is -2.24. The summed E-state index contributed by atoms with van der Waals surface area (Å²) in [6.45, 7) is 3.73. The fraction of sp³-hybridized carbons (Fsp3) is 0.278. The third-order valence-electron chi connectivity index (χ3n) is 4.10. The van der Waals surface area contributed by atoms with E-state index in [1.807, 2.05) is 43.3 Å². The van der Waals surface area contributed by atoms with Crippen molar-refractivity contribution in [3.05, 3.63) is 52.8 Å². The second-order valence-corrected chi connectivity index (χ2v) is 6.39. The fourth-order valence-electron chi connectivity index (χ4n) is 2.97. The molecule has 0 spiro atoms. The van der Waals surface area contributed by atoms with Crippen molar-refractivity contribution in [2.75, 3.05) is 13.2 Å². The van der Waals surface area contributed by atoms with Crippen molar-refractivity contribution >= 4 is 22.6 Å². The molecule has 1 aliphatic rings. The van der Waals surface area contributed by atoms with Crippen LogP contribution in [0.25, 0.3) is 11.0 Å². The van der Waals surface area contributed by atoms with Crippen LogP contribution in [0.15, 0.2) is 36.4 Å². The molecule has 1 aliphatic heterocycles. The zero-order chi connectivity index (χ0) is 16.7. The molecule has 0 fully saturated rings. The second kappa shape index (κ2) is 6.00. The minimum absolute atomic E-state index is 0.177. The van der Waals surface area contributed by atoms with Crippen LogP contribution in [0.4, 0.5) is 0 Å². The minimum Gasteiger partial charge on any atom is -0.486 e. The van der Waals surface area contributed by atoms with E-state index in [0.29, 0.717) is 19.8 Å². The molecule has 2 heterocycles. The van der Waals surface area contributed by atoms with Gasteiger partial charge in [0.05, 0.1) is 17.1 Å². The molecule has 24 heavy (non-hydrogen) atoms. The lowest BCUT2D eigenvalue weighted by Crippen LogP contribution is -2.15. The summed E-state index contributed by atoms with van der Waals surface area (Å²) in [6.07, 6.45) is 0. The van der Waals surface area contributed by atoms with Crippen LogP contribution in [0.5, 0.6) is 11.5 Å². The first kappa shape index (κ1) is 15.3. The molecular weight excluding hydrogens is 326 g/mol. The summed E-state index contributed by atoms with van der Waals surface area (Å²) >= 11 is 5.98. The standard InChI is InChI=1S/C18H18ClN3O2/c1-11(20)18-21-14-8-16-17(24-7-6-23-16)9-15(14)22(18)10-12-2-4-13(19)5-3-12/h2-5,8-9,11H,6-7,10,20H2,1H3. The second-order valence-electron chi connectivity index (χ2n) is 5.96. The van der Waals surface area contributed by atoms with Gasteiger partial charge in [0.15, 0.2) is 11.5 Å². The van der Waals surface area contributed by atoms with Crippen LogP contribution in [0.2, 0.25) is 5.02 Å². The number of hydrogen-bond acceptors (Lipinski definition) is 4. The predicted molar refractivity (Wildman–Crippen MR) is 93.9 cm³/mol. The van der Waals surface area contributed by atoms with E-state index in [4.69, 9.17) is 31.8 Å².